The monoisotopic (exact) mass is 230 g/mol. The Bertz CT molecular complexity index is 385. The smallest absolute Gasteiger partial charge is 0.356 e. The molecule has 1 aromatic rings. The van der Waals surface area contributed by atoms with Crippen LogP contribution in [0.2, 0.25) is 0 Å². The van der Waals surface area contributed by atoms with E-state index in [0.717, 1.165) is 23.9 Å². The summed E-state index contributed by atoms with van der Waals surface area (Å²) in [5, 5.41) is 0. The van der Waals surface area contributed by atoms with Crippen molar-refractivity contribution in [2.75, 3.05) is 18.5 Å². The summed E-state index contributed by atoms with van der Waals surface area (Å²) in [5.41, 5.74) is 0.174. The van der Waals surface area contributed by atoms with Gasteiger partial charge in [0.2, 0.25) is 0 Å². The molecule has 0 spiro atoms. The van der Waals surface area contributed by atoms with Crippen molar-refractivity contribution in [3.8, 4) is 0 Å². The van der Waals surface area contributed by atoms with E-state index >= 15 is 0 Å². The molecule has 88 valence electrons. The Morgan fingerprint density at radius 3 is 2.62 bits per heavy atom. The summed E-state index contributed by atoms with van der Waals surface area (Å²) in [6, 6.07) is 1.99. The third-order valence-corrected chi connectivity index (χ3v) is 1.97. The van der Waals surface area contributed by atoms with Crippen molar-refractivity contribution in [2.45, 2.75) is 13.1 Å². The number of likely N-dealkylation sites (N-methyl/N-ethyl adjacent to an activating group) is 1. The van der Waals surface area contributed by atoms with Crippen LogP contribution in [0.15, 0.2) is 30.5 Å². The van der Waals surface area contributed by atoms with E-state index in [0.29, 0.717) is 6.54 Å². The second-order valence-electron chi connectivity index (χ2n) is 3.71. The van der Waals surface area contributed by atoms with E-state index < -0.39 is 11.7 Å². The van der Waals surface area contributed by atoms with E-state index in [1.54, 1.807) is 11.9 Å². The van der Waals surface area contributed by atoms with E-state index in [4.69, 9.17) is 0 Å². The van der Waals surface area contributed by atoms with Crippen molar-refractivity contribution in [2.24, 2.45) is 0 Å². The van der Waals surface area contributed by atoms with Gasteiger partial charge in [-0.3, -0.25) is 0 Å². The summed E-state index contributed by atoms with van der Waals surface area (Å²) in [5.74, 6) is 0.290. The van der Waals surface area contributed by atoms with Crippen molar-refractivity contribution in [1.29, 1.82) is 0 Å². The number of pyridine rings is 1. The van der Waals surface area contributed by atoms with Crippen LogP contribution in [0.3, 0.4) is 0 Å². The normalized spacial score (nSPS) is 11.3. The zero-order chi connectivity index (χ0) is 12.3. The standard InChI is InChI=1S/C11H13F3N2/c1-8(2)7-16(3)10-6-9(4-5-15-10)11(12,13)14/h4-6H,1,7H2,2-3H3. The Hall–Kier alpha value is -1.52. The van der Waals surface area contributed by atoms with Gasteiger partial charge in [0.25, 0.3) is 0 Å². The van der Waals surface area contributed by atoms with Crippen LogP contribution in [0, 0.1) is 0 Å². The maximum Gasteiger partial charge on any atom is 0.416 e. The van der Waals surface area contributed by atoms with Crippen LogP contribution in [-0.4, -0.2) is 18.6 Å². The van der Waals surface area contributed by atoms with Crippen molar-refractivity contribution in [3.05, 3.63) is 36.0 Å². The van der Waals surface area contributed by atoms with Gasteiger partial charge >= 0.3 is 6.18 Å². The van der Waals surface area contributed by atoms with E-state index in [9.17, 15) is 13.2 Å². The van der Waals surface area contributed by atoms with Crippen molar-refractivity contribution < 1.29 is 13.2 Å². The first-order valence-electron chi connectivity index (χ1n) is 4.69. The van der Waals surface area contributed by atoms with Gasteiger partial charge in [-0.1, -0.05) is 12.2 Å². The summed E-state index contributed by atoms with van der Waals surface area (Å²) in [7, 11) is 1.68. The summed E-state index contributed by atoms with van der Waals surface area (Å²) >= 11 is 0. The number of rotatable bonds is 3. The molecule has 0 aliphatic carbocycles. The van der Waals surface area contributed by atoms with E-state index in [1.807, 2.05) is 6.92 Å². The van der Waals surface area contributed by atoms with Crippen LogP contribution in [0.4, 0.5) is 19.0 Å². The summed E-state index contributed by atoms with van der Waals surface area (Å²) in [6.45, 7) is 5.99. The topological polar surface area (TPSA) is 16.1 Å². The number of anilines is 1. The molecule has 0 N–H and O–H groups in total. The van der Waals surface area contributed by atoms with Crippen molar-refractivity contribution in [3.63, 3.8) is 0 Å². The lowest BCUT2D eigenvalue weighted by molar-refractivity contribution is -0.137. The Morgan fingerprint density at radius 2 is 2.12 bits per heavy atom. The molecule has 0 aromatic carbocycles. The molecular weight excluding hydrogens is 217 g/mol. The molecule has 0 saturated carbocycles. The molecule has 0 radical (unpaired) electrons. The highest BCUT2D eigenvalue weighted by atomic mass is 19.4. The first kappa shape index (κ1) is 12.5. The van der Waals surface area contributed by atoms with Gasteiger partial charge in [-0.25, -0.2) is 4.98 Å². The number of nitrogens with zero attached hydrogens (tertiary/aromatic N) is 2. The minimum atomic E-state index is -4.33. The third-order valence-electron chi connectivity index (χ3n) is 1.97. The molecule has 0 unspecified atom stereocenters. The minimum absolute atomic E-state index is 0.290. The van der Waals surface area contributed by atoms with Crippen molar-refractivity contribution >= 4 is 5.82 Å². The Labute approximate surface area is 92.4 Å². The lowest BCUT2D eigenvalue weighted by atomic mass is 10.2. The van der Waals surface area contributed by atoms with E-state index in [-0.39, 0.29) is 5.82 Å². The van der Waals surface area contributed by atoms with Crippen LogP contribution in [-0.2, 0) is 6.18 Å². The lowest BCUT2D eigenvalue weighted by Gasteiger charge is -2.19. The fourth-order valence-corrected chi connectivity index (χ4v) is 1.29. The third kappa shape index (κ3) is 3.25. The molecule has 16 heavy (non-hydrogen) atoms. The van der Waals surface area contributed by atoms with Gasteiger partial charge in [-0.05, 0) is 19.1 Å². The summed E-state index contributed by atoms with van der Waals surface area (Å²) < 4.78 is 37.3. The first-order chi connectivity index (χ1) is 7.30. The quantitative estimate of drug-likeness (QED) is 0.742. The average molecular weight is 230 g/mol. The Kier molecular flexibility index (Phi) is 3.57. The van der Waals surface area contributed by atoms with Crippen LogP contribution in [0.1, 0.15) is 12.5 Å². The molecule has 0 aliphatic heterocycles. The molecule has 2 nitrogen and oxygen atoms in total. The Balaban J connectivity index is 2.94. The molecule has 0 atom stereocenters. The average Bonchev–Trinajstić information content (AvgIpc) is 2.15. The highest BCUT2D eigenvalue weighted by Gasteiger charge is 2.30. The molecular formula is C11H13F3N2. The summed E-state index contributed by atoms with van der Waals surface area (Å²) in [6.07, 6.45) is -3.17. The van der Waals surface area contributed by atoms with Crippen LogP contribution in [0.5, 0.6) is 0 Å². The number of hydrogen-bond donors (Lipinski definition) is 0. The van der Waals surface area contributed by atoms with Gasteiger partial charge in [-0.2, -0.15) is 13.2 Å². The molecule has 1 aromatic heterocycles. The number of hydrogen-bond acceptors (Lipinski definition) is 2. The fourth-order valence-electron chi connectivity index (χ4n) is 1.29. The van der Waals surface area contributed by atoms with Gasteiger partial charge in [0, 0.05) is 19.8 Å². The zero-order valence-electron chi connectivity index (χ0n) is 9.17. The second kappa shape index (κ2) is 4.55. The Morgan fingerprint density at radius 1 is 1.50 bits per heavy atom. The van der Waals surface area contributed by atoms with Crippen LogP contribution in [0.25, 0.3) is 0 Å². The van der Waals surface area contributed by atoms with Crippen LogP contribution < -0.4 is 4.90 Å². The molecule has 1 heterocycles. The molecule has 0 bridgehead atoms. The van der Waals surface area contributed by atoms with E-state index in [2.05, 4.69) is 11.6 Å². The highest BCUT2D eigenvalue weighted by molar-refractivity contribution is 5.42. The predicted molar refractivity (Wildman–Crippen MR) is 57.3 cm³/mol. The maximum absolute atomic E-state index is 12.4. The molecule has 0 aliphatic rings. The largest absolute Gasteiger partial charge is 0.416 e. The van der Waals surface area contributed by atoms with Crippen LogP contribution >= 0.6 is 0 Å². The number of alkyl halides is 3. The second-order valence-corrected chi connectivity index (χ2v) is 3.71. The number of aromatic nitrogens is 1. The molecule has 0 saturated heterocycles. The van der Waals surface area contributed by atoms with Gasteiger partial charge in [0.1, 0.15) is 5.82 Å². The highest BCUT2D eigenvalue weighted by Crippen LogP contribution is 2.30. The molecule has 1 rings (SSSR count). The zero-order valence-corrected chi connectivity index (χ0v) is 9.17. The maximum atomic E-state index is 12.4. The van der Waals surface area contributed by atoms with Gasteiger partial charge in [-0.15, -0.1) is 0 Å². The number of halogens is 3. The van der Waals surface area contributed by atoms with Gasteiger partial charge in [0.15, 0.2) is 0 Å². The lowest BCUT2D eigenvalue weighted by Crippen LogP contribution is -2.20. The van der Waals surface area contributed by atoms with Gasteiger partial charge in [0.05, 0.1) is 5.56 Å². The SMILES string of the molecule is C=C(C)CN(C)c1cc(C(F)(F)F)ccn1. The minimum Gasteiger partial charge on any atom is -0.356 e. The first-order valence-corrected chi connectivity index (χ1v) is 4.69. The predicted octanol–water partition coefficient (Wildman–Crippen LogP) is 3.11. The fraction of sp³-hybridized carbons (Fsp3) is 0.364. The van der Waals surface area contributed by atoms with Crippen molar-refractivity contribution in [1.82, 2.24) is 4.98 Å². The summed E-state index contributed by atoms with van der Waals surface area (Å²) in [4.78, 5) is 5.51. The van der Waals surface area contributed by atoms with E-state index in [1.165, 1.54) is 0 Å². The molecule has 0 amide bonds. The molecule has 5 heteroatoms. The molecule has 0 fully saturated rings. The van der Waals surface area contributed by atoms with Gasteiger partial charge < -0.3 is 4.90 Å².